The maximum atomic E-state index is 13.2. The van der Waals surface area contributed by atoms with Gasteiger partial charge in [-0.05, 0) is 61.7 Å². The van der Waals surface area contributed by atoms with E-state index in [1.54, 1.807) is 12.1 Å². The van der Waals surface area contributed by atoms with Crippen LogP contribution in [0.25, 0.3) is 0 Å². The van der Waals surface area contributed by atoms with Gasteiger partial charge in [-0.25, -0.2) is 0 Å². The van der Waals surface area contributed by atoms with Crippen molar-refractivity contribution in [1.82, 2.24) is 10.6 Å². The second kappa shape index (κ2) is 8.44. The van der Waals surface area contributed by atoms with Gasteiger partial charge >= 0.3 is 0 Å². The third kappa shape index (κ3) is 4.48. The van der Waals surface area contributed by atoms with Gasteiger partial charge in [0.05, 0.1) is 15.8 Å². The van der Waals surface area contributed by atoms with Gasteiger partial charge in [0, 0.05) is 24.8 Å². The topological polar surface area (TPSA) is 79.5 Å². The molecule has 3 N–H and O–H groups in total. The van der Waals surface area contributed by atoms with Crippen LogP contribution in [0.15, 0.2) is 30.3 Å². The molecule has 1 aromatic heterocycles. The van der Waals surface area contributed by atoms with Crippen molar-refractivity contribution in [3.63, 3.8) is 0 Å². The zero-order chi connectivity index (χ0) is 20.4. The van der Waals surface area contributed by atoms with E-state index < -0.39 is 5.54 Å². The first-order chi connectivity index (χ1) is 13.9. The number of hydrogen-bond acceptors (Lipinski definition) is 5. The van der Waals surface area contributed by atoms with Gasteiger partial charge in [-0.15, -0.1) is 11.3 Å². The van der Waals surface area contributed by atoms with Crippen LogP contribution in [0.5, 0.6) is 0 Å². The second-order valence-corrected chi connectivity index (χ2v) is 9.40. The van der Waals surface area contributed by atoms with Crippen molar-refractivity contribution in [2.24, 2.45) is 0 Å². The molecule has 3 heterocycles. The number of hydrogen-bond donors (Lipinski definition) is 3. The van der Waals surface area contributed by atoms with Gasteiger partial charge in [0.15, 0.2) is 0 Å². The number of nitrogens with one attached hydrogen (secondary N) is 3. The lowest BCUT2D eigenvalue weighted by Gasteiger charge is -2.27. The minimum atomic E-state index is -1.09. The van der Waals surface area contributed by atoms with E-state index in [9.17, 15) is 9.59 Å². The molecule has 1 aromatic carbocycles. The molecule has 0 saturated carbocycles. The molecule has 0 spiro atoms. The molecule has 2 aromatic rings. The summed E-state index contributed by atoms with van der Waals surface area (Å²) in [6, 6.07) is 9.82. The lowest BCUT2D eigenvalue weighted by atomic mass is 9.96. The van der Waals surface area contributed by atoms with Crippen LogP contribution in [0.1, 0.15) is 34.1 Å². The first kappa shape index (κ1) is 20.3. The summed E-state index contributed by atoms with van der Waals surface area (Å²) in [5, 5.41) is 9.36. The molecular formula is C21H24ClN3O3S. The van der Waals surface area contributed by atoms with Gasteiger partial charge in [-0.2, -0.15) is 0 Å². The lowest BCUT2D eigenvalue weighted by molar-refractivity contribution is -0.122. The van der Waals surface area contributed by atoms with Crippen molar-refractivity contribution in [2.45, 2.75) is 37.8 Å². The van der Waals surface area contributed by atoms with Gasteiger partial charge in [-0.3, -0.25) is 9.59 Å². The Labute approximate surface area is 179 Å². The molecule has 0 unspecified atom stereocenters. The van der Waals surface area contributed by atoms with Crippen molar-refractivity contribution < 1.29 is 14.3 Å². The number of benzene rings is 1. The predicted octanol–water partition coefficient (Wildman–Crippen LogP) is 3.01. The molecule has 2 aliphatic heterocycles. The molecule has 29 heavy (non-hydrogen) atoms. The third-order valence-corrected chi connectivity index (χ3v) is 6.71. The number of anilines is 1. The first-order valence-electron chi connectivity index (χ1n) is 9.77. The Morgan fingerprint density at radius 3 is 2.86 bits per heavy atom. The quantitative estimate of drug-likeness (QED) is 0.692. The number of fused-ring (bicyclic) bond motifs is 1. The van der Waals surface area contributed by atoms with Crippen LogP contribution in [0.3, 0.4) is 0 Å². The van der Waals surface area contributed by atoms with E-state index in [0.29, 0.717) is 28.3 Å². The van der Waals surface area contributed by atoms with Crippen molar-refractivity contribution in [1.29, 1.82) is 0 Å². The fourth-order valence-electron chi connectivity index (χ4n) is 3.86. The standard InChI is InChI=1S/C21H24ClN3O3S/c1-13-10-14-2-3-16(11-15(14)6-8-23-13)24-20(27)21(7-9-28-12-21)25-19(26)17-4-5-18(22)29-17/h2-5,11,13,23H,6-10,12H2,1H3,(H,24,27)(H,25,26)/t13-,21+/m1/s1. The molecule has 8 heteroatoms. The average Bonchev–Trinajstić information content (AvgIpc) is 3.29. The van der Waals surface area contributed by atoms with Crippen molar-refractivity contribution in [3.8, 4) is 0 Å². The van der Waals surface area contributed by atoms with E-state index in [1.807, 2.05) is 12.1 Å². The maximum absolute atomic E-state index is 13.2. The van der Waals surface area contributed by atoms with Crippen LogP contribution in [0.4, 0.5) is 5.69 Å². The Kier molecular flexibility index (Phi) is 5.92. The molecule has 6 nitrogen and oxygen atoms in total. The van der Waals surface area contributed by atoms with Crippen LogP contribution < -0.4 is 16.0 Å². The Bertz CT molecular complexity index is 924. The van der Waals surface area contributed by atoms with E-state index in [-0.39, 0.29) is 18.4 Å². The highest BCUT2D eigenvalue weighted by Gasteiger charge is 2.44. The van der Waals surface area contributed by atoms with Gasteiger partial charge < -0.3 is 20.7 Å². The molecule has 2 aliphatic rings. The summed E-state index contributed by atoms with van der Waals surface area (Å²) < 4.78 is 6.01. The largest absolute Gasteiger partial charge is 0.378 e. The molecule has 1 saturated heterocycles. The minimum Gasteiger partial charge on any atom is -0.378 e. The molecule has 0 aliphatic carbocycles. The van der Waals surface area contributed by atoms with E-state index in [0.717, 1.165) is 25.1 Å². The summed E-state index contributed by atoms with van der Waals surface area (Å²) in [4.78, 5) is 26.3. The molecular weight excluding hydrogens is 410 g/mol. The van der Waals surface area contributed by atoms with Gasteiger partial charge in [0.1, 0.15) is 5.54 Å². The average molecular weight is 434 g/mol. The number of halogens is 1. The summed E-state index contributed by atoms with van der Waals surface area (Å²) in [6.07, 6.45) is 2.32. The Balaban J connectivity index is 1.51. The highest BCUT2D eigenvalue weighted by Crippen LogP contribution is 2.26. The molecule has 0 radical (unpaired) electrons. The first-order valence-corrected chi connectivity index (χ1v) is 11.0. The van der Waals surface area contributed by atoms with E-state index in [2.05, 4.69) is 28.9 Å². The zero-order valence-electron chi connectivity index (χ0n) is 16.2. The highest BCUT2D eigenvalue weighted by atomic mass is 35.5. The summed E-state index contributed by atoms with van der Waals surface area (Å²) in [5.41, 5.74) is 2.20. The Hall–Kier alpha value is -1.93. The summed E-state index contributed by atoms with van der Waals surface area (Å²) in [6.45, 7) is 3.67. The van der Waals surface area contributed by atoms with Gasteiger partial charge in [0.2, 0.25) is 0 Å². The van der Waals surface area contributed by atoms with Crippen LogP contribution in [-0.2, 0) is 22.4 Å². The smallest absolute Gasteiger partial charge is 0.262 e. The maximum Gasteiger partial charge on any atom is 0.262 e. The molecule has 0 bridgehead atoms. The molecule has 2 amide bonds. The number of rotatable bonds is 4. The Morgan fingerprint density at radius 2 is 2.14 bits per heavy atom. The van der Waals surface area contributed by atoms with Crippen LogP contribution >= 0.6 is 22.9 Å². The predicted molar refractivity (Wildman–Crippen MR) is 115 cm³/mol. The number of ether oxygens (including phenoxy) is 1. The fourth-order valence-corrected chi connectivity index (χ4v) is 4.79. The molecule has 2 atom stereocenters. The summed E-state index contributed by atoms with van der Waals surface area (Å²) in [5.74, 6) is -0.574. The molecule has 4 rings (SSSR count). The number of thiophene rings is 1. The van der Waals surface area contributed by atoms with Gasteiger partial charge in [-0.1, -0.05) is 17.7 Å². The third-order valence-electron chi connectivity index (χ3n) is 5.48. The highest BCUT2D eigenvalue weighted by molar-refractivity contribution is 7.18. The summed E-state index contributed by atoms with van der Waals surface area (Å²) >= 11 is 7.12. The zero-order valence-corrected chi connectivity index (χ0v) is 17.8. The second-order valence-electron chi connectivity index (χ2n) is 7.69. The van der Waals surface area contributed by atoms with E-state index in [4.69, 9.17) is 16.3 Å². The fraction of sp³-hybridized carbons (Fsp3) is 0.429. The van der Waals surface area contributed by atoms with Crippen LogP contribution in [0.2, 0.25) is 4.34 Å². The molecule has 154 valence electrons. The minimum absolute atomic E-state index is 0.149. The van der Waals surface area contributed by atoms with Crippen LogP contribution in [-0.4, -0.2) is 43.2 Å². The number of amides is 2. The lowest BCUT2D eigenvalue weighted by Crippen LogP contribution is -2.57. The van der Waals surface area contributed by atoms with Crippen molar-refractivity contribution in [3.05, 3.63) is 50.7 Å². The number of carbonyl (C=O) groups excluding carboxylic acids is 2. The van der Waals surface area contributed by atoms with Crippen LogP contribution in [0, 0.1) is 0 Å². The van der Waals surface area contributed by atoms with Crippen molar-refractivity contribution in [2.75, 3.05) is 25.1 Å². The SMILES string of the molecule is C[C@@H]1Cc2ccc(NC(=O)[C@]3(NC(=O)c4ccc(Cl)s4)CCOC3)cc2CCN1. The van der Waals surface area contributed by atoms with E-state index >= 15 is 0 Å². The van der Waals surface area contributed by atoms with E-state index in [1.165, 1.54) is 22.5 Å². The van der Waals surface area contributed by atoms with Crippen molar-refractivity contribution >= 4 is 40.4 Å². The Morgan fingerprint density at radius 1 is 1.28 bits per heavy atom. The monoisotopic (exact) mass is 433 g/mol. The molecule has 1 fully saturated rings. The normalized spacial score (nSPS) is 23.9. The summed E-state index contributed by atoms with van der Waals surface area (Å²) in [7, 11) is 0. The van der Waals surface area contributed by atoms with Gasteiger partial charge in [0.25, 0.3) is 11.8 Å². The number of carbonyl (C=O) groups is 2.